The lowest BCUT2D eigenvalue weighted by atomic mass is 10.2. The van der Waals surface area contributed by atoms with E-state index in [0.717, 1.165) is 10.6 Å². The third-order valence-corrected chi connectivity index (χ3v) is 4.78. The van der Waals surface area contributed by atoms with Gasteiger partial charge in [-0.05, 0) is 52.3 Å². The van der Waals surface area contributed by atoms with Crippen molar-refractivity contribution in [3.63, 3.8) is 0 Å². The van der Waals surface area contributed by atoms with Gasteiger partial charge in [-0.3, -0.25) is 4.31 Å². The molecule has 0 aliphatic rings. The zero-order chi connectivity index (χ0) is 18.0. The lowest BCUT2D eigenvalue weighted by molar-refractivity contribution is 0.474. The average Bonchev–Trinajstić information content (AvgIpc) is 3.20. The monoisotopic (exact) mass is 422 g/mol. The molecular formula is C15H11BrN4O4S. The van der Waals surface area contributed by atoms with Crippen molar-refractivity contribution in [3.8, 4) is 17.7 Å². The molecule has 2 aromatic heterocycles. The maximum Gasteiger partial charge on any atom is 0.283 e. The van der Waals surface area contributed by atoms with Gasteiger partial charge in [-0.25, -0.2) is 8.42 Å². The van der Waals surface area contributed by atoms with Crippen LogP contribution in [0.25, 0.3) is 11.7 Å². The molecule has 3 rings (SSSR count). The van der Waals surface area contributed by atoms with E-state index in [2.05, 4.69) is 26.1 Å². The summed E-state index contributed by atoms with van der Waals surface area (Å²) in [6, 6.07) is 11.5. The zero-order valence-electron chi connectivity index (χ0n) is 12.9. The molecule has 0 unspecified atom stereocenters. The number of aromatic nitrogens is 2. The lowest BCUT2D eigenvalue weighted by Crippen LogP contribution is -2.29. The highest BCUT2D eigenvalue weighted by Crippen LogP contribution is 2.25. The van der Waals surface area contributed by atoms with Crippen LogP contribution in [0, 0.1) is 11.3 Å². The summed E-state index contributed by atoms with van der Waals surface area (Å²) in [6.45, 7) is -0.139. The topological polar surface area (TPSA) is 113 Å². The Morgan fingerprint density at radius 3 is 2.44 bits per heavy atom. The molecule has 2 heterocycles. The first kappa shape index (κ1) is 17.2. The van der Waals surface area contributed by atoms with Crippen LogP contribution in [-0.4, -0.2) is 24.9 Å². The maximum atomic E-state index is 12.1. The molecule has 25 heavy (non-hydrogen) atoms. The van der Waals surface area contributed by atoms with Crippen LogP contribution in [0.2, 0.25) is 0 Å². The van der Waals surface area contributed by atoms with Gasteiger partial charge in [-0.2, -0.15) is 5.26 Å². The second-order valence-corrected chi connectivity index (χ2v) is 7.72. The van der Waals surface area contributed by atoms with E-state index in [9.17, 15) is 8.42 Å². The largest absolute Gasteiger partial charge is 0.444 e. The number of anilines is 1. The van der Waals surface area contributed by atoms with Crippen LogP contribution < -0.4 is 4.31 Å². The normalized spacial score (nSPS) is 11.2. The minimum absolute atomic E-state index is 0.109. The summed E-state index contributed by atoms with van der Waals surface area (Å²) in [5.74, 6) is 0.626. The van der Waals surface area contributed by atoms with E-state index in [1.165, 1.54) is 12.1 Å². The molecule has 128 valence electrons. The highest BCUT2D eigenvalue weighted by atomic mass is 79.9. The summed E-state index contributed by atoms with van der Waals surface area (Å²) < 4.78 is 36.7. The van der Waals surface area contributed by atoms with Gasteiger partial charge in [0.25, 0.3) is 5.89 Å². The van der Waals surface area contributed by atoms with E-state index in [1.54, 1.807) is 24.3 Å². The van der Waals surface area contributed by atoms with Crippen LogP contribution in [0.15, 0.2) is 49.9 Å². The molecule has 10 heteroatoms. The number of rotatable bonds is 5. The van der Waals surface area contributed by atoms with Crippen molar-refractivity contribution < 1.29 is 17.3 Å². The van der Waals surface area contributed by atoms with E-state index in [4.69, 9.17) is 14.1 Å². The van der Waals surface area contributed by atoms with E-state index in [1.807, 2.05) is 6.07 Å². The van der Waals surface area contributed by atoms with Crippen molar-refractivity contribution >= 4 is 31.6 Å². The van der Waals surface area contributed by atoms with Gasteiger partial charge in [0.2, 0.25) is 15.9 Å². The summed E-state index contributed by atoms with van der Waals surface area (Å²) in [6.07, 6.45) is 1.08. The van der Waals surface area contributed by atoms with Gasteiger partial charge in [0.05, 0.1) is 23.6 Å². The van der Waals surface area contributed by atoms with Crippen molar-refractivity contribution in [2.24, 2.45) is 0 Å². The highest BCUT2D eigenvalue weighted by molar-refractivity contribution is 9.10. The van der Waals surface area contributed by atoms with Crippen molar-refractivity contribution in [2.45, 2.75) is 6.54 Å². The second-order valence-electron chi connectivity index (χ2n) is 5.03. The lowest BCUT2D eigenvalue weighted by Gasteiger charge is -2.20. The Bertz CT molecular complexity index is 1030. The molecule has 0 saturated heterocycles. The summed E-state index contributed by atoms with van der Waals surface area (Å²) in [5, 5.41) is 16.6. The number of halogens is 1. The van der Waals surface area contributed by atoms with Crippen LogP contribution in [-0.2, 0) is 16.6 Å². The molecule has 0 saturated carbocycles. The van der Waals surface area contributed by atoms with Crippen LogP contribution >= 0.6 is 15.9 Å². The molecule has 0 atom stereocenters. The Hall–Kier alpha value is -2.64. The average molecular weight is 423 g/mol. The standard InChI is InChI=1S/C15H11BrN4O4S/c1-25(21,22)20(11-4-2-10(8-17)3-5-11)9-14-18-19-15(24-14)12-6-7-13(16)23-12/h2-7H,9H2,1H3. The molecule has 0 spiro atoms. The van der Waals surface area contributed by atoms with Gasteiger partial charge >= 0.3 is 0 Å². The van der Waals surface area contributed by atoms with Gasteiger partial charge in [-0.1, -0.05) is 0 Å². The first-order chi connectivity index (χ1) is 11.9. The Morgan fingerprint density at radius 2 is 1.88 bits per heavy atom. The van der Waals surface area contributed by atoms with E-state index in [0.29, 0.717) is 21.7 Å². The maximum absolute atomic E-state index is 12.1. The summed E-state index contributed by atoms with van der Waals surface area (Å²) in [5.41, 5.74) is 0.822. The van der Waals surface area contributed by atoms with Crippen LogP contribution in [0.3, 0.4) is 0 Å². The van der Waals surface area contributed by atoms with Gasteiger partial charge in [0.15, 0.2) is 10.4 Å². The first-order valence-corrected chi connectivity index (χ1v) is 9.57. The van der Waals surface area contributed by atoms with Crippen molar-refractivity contribution in [2.75, 3.05) is 10.6 Å². The molecule has 0 fully saturated rings. The number of sulfonamides is 1. The molecular weight excluding hydrogens is 412 g/mol. The van der Waals surface area contributed by atoms with E-state index in [-0.39, 0.29) is 18.3 Å². The fourth-order valence-electron chi connectivity index (χ4n) is 2.07. The van der Waals surface area contributed by atoms with Crippen molar-refractivity contribution in [1.82, 2.24) is 10.2 Å². The van der Waals surface area contributed by atoms with Gasteiger partial charge in [0.1, 0.15) is 6.54 Å². The summed E-state index contributed by atoms with van der Waals surface area (Å²) in [7, 11) is -3.60. The molecule has 1 aromatic carbocycles. The minimum Gasteiger partial charge on any atom is -0.444 e. The quantitative estimate of drug-likeness (QED) is 0.620. The van der Waals surface area contributed by atoms with E-state index < -0.39 is 10.0 Å². The zero-order valence-corrected chi connectivity index (χ0v) is 15.3. The van der Waals surface area contributed by atoms with Gasteiger partial charge < -0.3 is 8.83 Å². The number of benzene rings is 1. The number of furan rings is 1. The molecule has 0 bridgehead atoms. The predicted molar refractivity (Wildman–Crippen MR) is 91.9 cm³/mol. The minimum atomic E-state index is -3.60. The van der Waals surface area contributed by atoms with Gasteiger partial charge in [0, 0.05) is 0 Å². The van der Waals surface area contributed by atoms with E-state index >= 15 is 0 Å². The SMILES string of the molecule is CS(=O)(=O)N(Cc1nnc(-c2ccc(Br)o2)o1)c1ccc(C#N)cc1. The van der Waals surface area contributed by atoms with Gasteiger partial charge in [-0.15, -0.1) is 10.2 Å². The van der Waals surface area contributed by atoms with Crippen LogP contribution in [0.5, 0.6) is 0 Å². The predicted octanol–water partition coefficient (Wildman–Crippen LogP) is 2.93. The molecule has 0 N–H and O–H groups in total. The Balaban J connectivity index is 1.89. The molecule has 0 aliphatic carbocycles. The van der Waals surface area contributed by atoms with Crippen molar-refractivity contribution in [1.29, 1.82) is 5.26 Å². The second kappa shape index (κ2) is 6.70. The van der Waals surface area contributed by atoms with Crippen LogP contribution in [0.4, 0.5) is 5.69 Å². The number of nitrogens with zero attached hydrogens (tertiary/aromatic N) is 4. The Labute approximate surface area is 151 Å². The van der Waals surface area contributed by atoms with Crippen LogP contribution in [0.1, 0.15) is 11.5 Å². The first-order valence-electron chi connectivity index (χ1n) is 6.93. The Morgan fingerprint density at radius 1 is 1.16 bits per heavy atom. The molecule has 3 aromatic rings. The Kier molecular flexibility index (Phi) is 4.61. The summed E-state index contributed by atoms with van der Waals surface area (Å²) in [4.78, 5) is 0. The smallest absolute Gasteiger partial charge is 0.283 e. The third-order valence-electron chi connectivity index (χ3n) is 3.21. The fourth-order valence-corrected chi connectivity index (χ4v) is 3.23. The number of hydrogen-bond donors (Lipinski definition) is 0. The fraction of sp³-hybridized carbons (Fsp3) is 0.133. The molecule has 0 amide bonds. The number of nitriles is 1. The summed E-state index contributed by atoms with van der Waals surface area (Å²) >= 11 is 3.18. The highest BCUT2D eigenvalue weighted by Gasteiger charge is 2.22. The molecule has 0 radical (unpaired) electrons. The van der Waals surface area contributed by atoms with Crippen molar-refractivity contribution in [3.05, 3.63) is 52.5 Å². The molecule has 0 aliphatic heterocycles. The number of hydrogen-bond acceptors (Lipinski definition) is 7. The molecule has 8 nitrogen and oxygen atoms in total. The third kappa shape index (κ3) is 3.89.